The lowest BCUT2D eigenvalue weighted by molar-refractivity contribution is -0.0631. The maximum Gasteiger partial charge on any atom is 0.166 e. The Morgan fingerprint density at radius 3 is 2.64 bits per heavy atom. The molecule has 0 fully saturated rings. The number of nitrogens with one attached hydrogen (secondary N) is 1. The molecule has 1 aromatic carbocycles. The molecule has 3 rings (SSSR count). The molecule has 1 aromatic heterocycles. The molecular formula is C18H18FN5O. The summed E-state index contributed by atoms with van der Waals surface area (Å²) in [4.78, 5) is 10.4. The fourth-order valence-corrected chi connectivity index (χ4v) is 3.04. The van der Waals surface area contributed by atoms with Gasteiger partial charge in [0.1, 0.15) is 23.3 Å². The van der Waals surface area contributed by atoms with Crippen LogP contribution in [0.1, 0.15) is 29.3 Å². The lowest BCUT2D eigenvalue weighted by atomic mass is 9.95. The predicted molar refractivity (Wildman–Crippen MR) is 92.9 cm³/mol. The Morgan fingerprint density at radius 2 is 2.04 bits per heavy atom. The van der Waals surface area contributed by atoms with Gasteiger partial charge in [-0.05, 0) is 31.5 Å². The van der Waals surface area contributed by atoms with Gasteiger partial charge in [0.15, 0.2) is 5.72 Å². The maximum absolute atomic E-state index is 13.1. The number of aliphatic hydroxyl groups is 1. The number of rotatable bonds is 3. The van der Waals surface area contributed by atoms with Gasteiger partial charge in [0.25, 0.3) is 0 Å². The molecule has 1 atom stereocenters. The number of fused-ring (bicyclic) bond motifs is 1. The summed E-state index contributed by atoms with van der Waals surface area (Å²) in [6, 6.07) is 8.16. The van der Waals surface area contributed by atoms with Gasteiger partial charge in [-0.15, -0.1) is 0 Å². The summed E-state index contributed by atoms with van der Waals surface area (Å²) in [6.45, 7) is 3.74. The van der Waals surface area contributed by atoms with E-state index in [1.807, 2.05) is 0 Å². The fourth-order valence-electron chi connectivity index (χ4n) is 3.04. The zero-order valence-electron chi connectivity index (χ0n) is 14.2. The van der Waals surface area contributed by atoms with Gasteiger partial charge in [0.05, 0.1) is 17.6 Å². The summed E-state index contributed by atoms with van der Waals surface area (Å²) >= 11 is 0. The maximum atomic E-state index is 13.1. The van der Waals surface area contributed by atoms with Crippen LogP contribution in [0.25, 0.3) is 0 Å². The molecule has 1 unspecified atom stereocenters. The molecule has 2 N–H and O–H groups in total. The second-order valence-electron chi connectivity index (χ2n) is 6.03. The third-order valence-corrected chi connectivity index (χ3v) is 4.33. The lowest BCUT2D eigenvalue weighted by Gasteiger charge is -2.40. The van der Waals surface area contributed by atoms with Gasteiger partial charge in [0, 0.05) is 19.3 Å². The third kappa shape index (κ3) is 2.81. The Morgan fingerprint density at radius 1 is 1.36 bits per heavy atom. The van der Waals surface area contributed by atoms with Crippen LogP contribution in [0.5, 0.6) is 0 Å². The van der Waals surface area contributed by atoms with Crippen molar-refractivity contribution in [3.63, 3.8) is 0 Å². The summed E-state index contributed by atoms with van der Waals surface area (Å²) in [5.74, 6) is 0.116. The monoisotopic (exact) mass is 339 g/mol. The zero-order valence-corrected chi connectivity index (χ0v) is 14.2. The minimum Gasteiger partial charge on any atom is -0.372 e. The van der Waals surface area contributed by atoms with E-state index in [-0.39, 0.29) is 5.82 Å². The van der Waals surface area contributed by atoms with Crippen LogP contribution < -0.4 is 5.32 Å². The summed E-state index contributed by atoms with van der Waals surface area (Å²) in [5.41, 5.74) is 1.22. The normalized spacial score (nSPS) is 18.6. The van der Waals surface area contributed by atoms with Gasteiger partial charge >= 0.3 is 0 Å². The Labute approximate surface area is 145 Å². The Bertz CT molecular complexity index is 884. The molecule has 2 aromatic rings. The number of benzene rings is 1. The largest absolute Gasteiger partial charge is 0.372 e. The average molecular weight is 339 g/mol. The molecule has 128 valence electrons. The van der Waals surface area contributed by atoms with E-state index in [0.29, 0.717) is 34.9 Å². The molecule has 2 heterocycles. The summed E-state index contributed by atoms with van der Waals surface area (Å²) in [6.07, 6.45) is 1.51. The van der Waals surface area contributed by atoms with Crippen molar-refractivity contribution in [2.45, 2.75) is 26.1 Å². The Hall–Kier alpha value is -2.98. The number of hydrogen-bond acceptors (Lipinski definition) is 6. The zero-order chi connectivity index (χ0) is 18.2. The quantitative estimate of drug-likeness (QED) is 0.898. The van der Waals surface area contributed by atoms with Crippen LogP contribution in [-0.2, 0) is 12.3 Å². The molecule has 0 spiro atoms. The second kappa shape index (κ2) is 6.15. The molecule has 6 nitrogen and oxygen atoms in total. The van der Waals surface area contributed by atoms with E-state index in [1.165, 1.54) is 18.5 Å². The van der Waals surface area contributed by atoms with E-state index in [1.54, 1.807) is 37.9 Å². The van der Waals surface area contributed by atoms with E-state index in [4.69, 9.17) is 0 Å². The Kier molecular flexibility index (Phi) is 4.15. The van der Waals surface area contributed by atoms with E-state index < -0.39 is 5.72 Å². The minimum atomic E-state index is -1.40. The van der Waals surface area contributed by atoms with Gasteiger partial charge < -0.3 is 15.3 Å². The summed E-state index contributed by atoms with van der Waals surface area (Å²) < 4.78 is 13.1. The first-order valence-electron chi connectivity index (χ1n) is 7.79. The van der Waals surface area contributed by atoms with Crippen LogP contribution in [0.3, 0.4) is 0 Å². The van der Waals surface area contributed by atoms with Crippen molar-refractivity contribution in [1.29, 1.82) is 5.26 Å². The predicted octanol–water partition coefficient (Wildman–Crippen LogP) is 2.78. The lowest BCUT2D eigenvalue weighted by Crippen LogP contribution is -2.45. The molecule has 0 bridgehead atoms. The number of aryl methyl sites for hydroxylation is 1. The highest BCUT2D eigenvalue weighted by molar-refractivity contribution is 5.78. The average Bonchev–Trinajstić information content (AvgIpc) is 2.58. The smallest absolute Gasteiger partial charge is 0.166 e. The number of nitriles is 1. The fraction of sp³-hybridized carbons (Fsp3) is 0.278. The van der Waals surface area contributed by atoms with Crippen LogP contribution >= 0.6 is 0 Å². The highest BCUT2D eigenvalue weighted by Crippen LogP contribution is 2.42. The first-order chi connectivity index (χ1) is 11.9. The van der Waals surface area contributed by atoms with Crippen molar-refractivity contribution in [3.8, 4) is 6.07 Å². The standard InChI is InChI=1S/C18H18FN5O/c1-11-15-16(14(8-20)17(21-3)23-11)22-10-24(18(15,2)25)9-12-4-6-13(19)7-5-12/h4-7,10,25H,9H2,1-3H3,(H,21,23). The van der Waals surface area contributed by atoms with Crippen molar-refractivity contribution in [1.82, 2.24) is 9.88 Å². The first-order valence-corrected chi connectivity index (χ1v) is 7.79. The highest BCUT2D eigenvalue weighted by Gasteiger charge is 2.38. The number of aliphatic imine (C=N–C) groups is 1. The molecule has 1 aliphatic heterocycles. The number of pyridine rings is 1. The topological polar surface area (TPSA) is 84.5 Å². The molecule has 25 heavy (non-hydrogen) atoms. The van der Waals surface area contributed by atoms with E-state index in [2.05, 4.69) is 21.4 Å². The van der Waals surface area contributed by atoms with Gasteiger partial charge in [0.2, 0.25) is 0 Å². The van der Waals surface area contributed by atoms with Crippen LogP contribution in [0.2, 0.25) is 0 Å². The van der Waals surface area contributed by atoms with E-state index >= 15 is 0 Å². The van der Waals surface area contributed by atoms with Crippen molar-refractivity contribution < 1.29 is 9.50 Å². The molecule has 0 saturated heterocycles. The van der Waals surface area contributed by atoms with Crippen molar-refractivity contribution in [2.24, 2.45) is 4.99 Å². The molecular weight excluding hydrogens is 321 g/mol. The number of anilines is 1. The number of hydrogen-bond donors (Lipinski definition) is 2. The molecule has 0 aliphatic carbocycles. The van der Waals surface area contributed by atoms with Crippen LogP contribution in [0.15, 0.2) is 29.3 Å². The molecule has 0 amide bonds. The van der Waals surface area contributed by atoms with Crippen LogP contribution in [-0.4, -0.2) is 28.4 Å². The Balaban J connectivity index is 2.06. The van der Waals surface area contributed by atoms with Crippen LogP contribution in [0.4, 0.5) is 15.9 Å². The van der Waals surface area contributed by atoms with Crippen molar-refractivity contribution >= 4 is 17.8 Å². The van der Waals surface area contributed by atoms with Gasteiger partial charge in [-0.3, -0.25) is 0 Å². The molecule has 7 heteroatoms. The molecule has 1 aliphatic rings. The van der Waals surface area contributed by atoms with E-state index in [9.17, 15) is 14.8 Å². The minimum absolute atomic E-state index is 0.293. The number of nitrogens with zero attached hydrogens (tertiary/aromatic N) is 4. The summed E-state index contributed by atoms with van der Waals surface area (Å²) in [7, 11) is 1.68. The van der Waals surface area contributed by atoms with Gasteiger partial charge in [-0.2, -0.15) is 5.26 Å². The van der Waals surface area contributed by atoms with Crippen molar-refractivity contribution in [3.05, 3.63) is 52.5 Å². The second-order valence-corrected chi connectivity index (χ2v) is 6.03. The summed E-state index contributed by atoms with van der Waals surface area (Å²) in [5, 5.41) is 23.5. The SMILES string of the molecule is CNc1nc(C)c2c(c1C#N)N=CN(Cc1ccc(F)cc1)C2(C)O. The first kappa shape index (κ1) is 16.9. The van der Waals surface area contributed by atoms with E-state index in [0.717, 1.165) is 5.56 Å². The number of aromatic nitrogens is 1. The van der Waals surface area contributed by atoms with Gasteiger partial charge in [-0.1, -0.05) is 12.1 Å². The van der Waals surface area contributed by atoms with Crippen molar-refractivity contribution in [2.75, 3.05) is 12.4 Å². The number of halogens is 1. The molecule has 0 radical (unpaired) electrons. The third-order valence-electron chi connectivity index (χ3n) is 4.33. The van der Waals surface area contributed by atoms with Crippen LogP contribution in [0, 0.1) is 24.1 Å². The molecule has 0 saturated carbocycles. The highest BCUT2D eigenvalue weighted by atomic mass is 19.1. The van der Waals surface area contributed by atoms with Gasteiger partial charge in [-0.25, -0.2) is 14.4 Å².